The Morgan fingerprint density at radius 1 is 0.640 bits per heavy atom. The van der Waals surface area contributed by atoms with Crippen molar-refractivity contribution in [3.8, 4) is 39.9 Å². The smallest absolute Gasteiger partial charge is 0.204 e. The van der Waals surface area contributed by atoms with Gasteiger partial charge in [0.1, 0.15) is 5.75 Å². The molecular formula is C19H16O6. The van der Waals surface area contributed by atoms with Gasteiger partial charge in [-0.25, -0.2) is 0 Å². The van der Waals surface area contributed by atoms with Crippen molar-refractivity contribution in [3.05, 3.63) is 66.2 Å². The van der Waals surface area contributed by atoms with Crippen LogP contribution in [0.2, 0.25) is 0 Å². The molecule has 0 aliphatic heterocycles. The molecule has 0 aromatic heterocycles. The summed E-state index contributed by atoms with van der Waals surface area (Å²) >= 11 is 0. The van der Waals surface area contributed by atoms with E-state index in [0.29, 0.717) is 17.4 Å². The number of carbonyl (C=O) groups is 1. The summed E-state index contributed by atoms with van der Waals surface area (Å²) in [6.45, 7) is 0. The molecule has 0 bridgehead atoms. The molecule has 6 nitrogen and oxygen atoms in total. The van der Waals surface area contributed by atoms with Crippen molar-refractivity contribution in [1.82, 2.24) is 0 Å². The van der Waals surface area contributed by atoms with E-state index in [-0.39, 0.29) is 11.3 Å². The minimum atomic E-state index is -0.725. The van der Waals surface area contributed by atoms with E-state index in [9.17, 15) is 25.2 Å². The molecular weight excluding hydrogens is 324 g/mol. The molecule has 3 aromatic carbocycles. The molecule has 128 valence electrons. The van der Waals surface area contributed by atoms with Gasteiger partial charge in [0.25, 0.3) is 0 Å². The van der Waals surface area contributed by atoms with Gasteiger partial charge in [0.2, 0.25) is 11.5 Å². The summed E-state index contributed by atoms with van der Waals surface area (Å²) in [7, 11) is 0. The second-order valence-corrected chi connectivity index (χ2v) is 5.03. The third-order valence-electron chi connectivity index (χ3n) is 3.38. The summed E-state index contributed by atoms with van der Waals surface area (Å²) < 4.78 is 0. The monoisotopic (exact) mass is 340 g/mol. The summed E-state index contributed by atoms with van der Waals surface area (Å²) in [6.07, 6.45) is 0.620. The van der Waals surface area contributed by atoms with Crippen LogP contribution in [0.1, 0.15) is 10.4 Å². The van der Waals surface area contributed by atoms with E-state index in [1.807, 2.05) is 0 Å². The van der Waals surface area contributed by atoms with Crippen LogP contribution in [-0.4, -0.2) is 31.8 Å². The summed E-state index contributed by atoms with van der Waals surface area (Å²) in [5, 5.41) is 46.4. The number of aldehydes is 1. The number of phenols is 5. The average Bonchev–Trinajstić information content (AvgIpc) is 2.64. The van der Waals surface area contributed by atoms with E-state index in [2.05, 4.69) is 0 Å². The van der Waals surface area contributed by atoms with Gasteiger partial charge in [-0.1, -0.05) is 42.5 Å². The lowest BCUT2D eigenvalue weighted by Gasteiger charge is -2.09. The minimum Gasteiger partial charge on any atom is -0.507 e. The van der Waals surface area contributed by atoms with Gasteiger partial charge in [-0.05, 0) is 23.8 Å². The lowest BCUT2D eigenvalue weighted by Crippen LogP contribution is -1.81. The van der Waals surface area contributed by atoms with Gasteiger partial charge in [0.05, 0.1) is 5.56 Å². The molecule has 6 heteroatoms. The number of phenolic OH excluding ortho intramolecular Hbond substituents is 5. The number of hydrogen-bond acceptors (Lipinski definition) is 6. The number of hydrogen-bond donors (Lipinski definition) is 5. The maximum Gasteiger partial charge on any atom is 0.204 e. The molecule has 0 aliphatic rings. The largest absolute Gasteiger partial charge is 0.507 e. The van der Waals surface area contributed by atoms with Crippen molar-refractivity contribution in [2.24, 2.45) is 0 Å². The molecule has 0 saturated carbocycles. The lowest BCUT2D eigenvalue weighted by atomic mass is 10.0. The molecule has 5 N–H and O–H groups in total. The maximum absolute atomic E-state index is 10.1. The van der Waals surface area contributed by atoms with Crippen molar-refractivity contribution < 1.29 is 30.3 Å². The van der Waals surface area contributed by atoms with Gasteiger partial charge in [-0.3, -0.25) is 4.79 Å². The number of carbonyl (C=O) groups excluding carboxylic acids is 1. The predicted octanol–water partition coefficient (Wildman–Crippen LogP) is 3.38. The second kappa shape index (κ2) is 7.74. The van der Waals surface area contributed by atoms with Gasteiger partial charge < -0.3 is 25.5 Å². The molecule has 0 aliphatic carbocycles. The molecule has 0 heterocycles. The Morgan fingerprint density at radius 3 is 1.80 bits per heavy atom. The van der Waals surface area contributed by atoms with Gasteiger partial charge >= 0.3 is 0 Å². The zero-order valence-electron chi connectivity index (χ0n) is 13.0. The molecule has 0 spiro atoms. The van der Waals surface area contributed by atoms with Crippen LogP contribution < -0.4 is 0 Å². The zero-order chi connectivity index (χ0) is 18.4. The maximum atomic E-state index is 10.1. The molecule has 0 unspecified atom stereocenters. The first-order chi connectivity index (χ1) is 12.0. The second-order valence-electron chi connectivity index (χ2n) is 5.03. The van der Waals surface area contributed by atoms with E-state index >= 15 is 0 Å². The average molecular weight is 340 g/mol. The Balaban J connectivity index is 0.000000212. The fraction of sp³-hybridized carbons (Fsp3) is 0. The number of rotatable bonds is 2. The van der Waals surface area contributed by atoms with Gasteiger partial charge in [-0.2, -0.15) is 0 Å². The Bertz CT molecular complexity index is 875. The fourth-order valence-electron chi connectivity index (χ4n) is 2.06. The van der Waals surface area contributed by atoms with Crippen LogP contribution in [0.3, 0.4) is 0 Å². The highest BCUT2D eigenvalue weighted by Gasteiger charge is 2.16. The first-order valence-electron chi connectivity index (χ1n) is 7.21. The Kier molecular flexibility index (Phi) is 5.47. The molecule has 3 rings (SSSR count). The molecule has 0 saturated heterocycles. The van der Waals surface area contributed by atoms with Crippen LogP contribution in [0, 0.1) is 0 Å². The van der Waals surface area contributed by atoms with Crippen molar-refractivity contribution in [2.45, 2.75) is 0 Å². The summed E-state index contributed by atoms with van der Waals surface area (Å²) in [6, 6.07) is 16.3. The molecule has 3 aromatic rings. The standard InChI is InChI=1S/C12H10O4.C7H6O2/c13-9-6-8(7-4-2-1-3-5-7)10(14)12(16)11(9)15;8-5-6-3-1-2-4-7(6)9/h1-6,13-16H;1-5,9H. The van der Waals surface area contributed by atoms with Crippen molar-refractivity contribution in [1.29, 1.82) is 0 Å². The number of para-hydroxylation sites is 1. The normalized spacial score (nSPS) is 9.76. The number of aromatic hydroxyl groups is 5. The highest BCUT2D eigenvalue weighted by Crippen LogP contribution is 2.47. The van der Waals surface area contributed by atoms with Crippen LogP contribution in [0.25, 0.3) is 11.1 Å². The number of benzene rings is 3. The van der Waals surface area contributed by atoms with E-state index in [1.54, 1.807) is 48.5 Å². The highest BCUT2D eigenvalue weighted by atomic mass is 16.3. The van der Waals surface area contributed by atoms with Gasteiger partial charge in [-0.15, -0.1) is 0 Å². The summed E-state index contributed by atoms with van der Waals surface area (Å²) in [5.74, 6) is -2.35. The fourth-order valence-corrected chi connectivity index (χ4v) is 2.06. The Labute approximate surface area is 143 Å². The van der Waals surface area contributed by atoms with Crippen molar-refractivity contribution in [2.75, 3.05) is 0 Å². The first-order valence-corrected chi connectivity index (χ1v) is 7.21. The third kappa shape index (κ3) is 4.00. The first kappa shape index (κ1) is 17.7. The van der Waals surface area contributed by atoms with Crippen molar-refractivity contribution >= 4 is 6.29 Å². The Hall–Kier alpha value is -3.67. The van der Waals surface area contributed by atoms with E-state index in [0.717, 1.165) is 0 Å². The van der Waals surface area contributed by atoms with Crippen LogP contribution >= 0.6 is 0 Å². The SMILES string of the molecule is O=Cc1ccccc1O.Oc1cc(-c2ccccc2)c(O)c(O)c1O. The van der Waals surface area contributed by atoms with E-state index in [1.165, 1.54) is 12.1 Å². The van der Waals surface area contributed by atoms with Gasteiger partial charge in [0.15, 0.2) is 17.8 Å². The van der Waals surface area contributed by atoms with Crippen molar-refractivity contribution in [3.63, 3.8) is 0 Å². The van der Waals surface area contributed by atoms with Crippen LogP contribution in [0.5, 0.6) is 28.7 Å². The highest BCUT2D eigenvalue weighted by molar-refractivity contribution is 5.79. The summed E-state index contributed by atoms with van der Waals surface area (Å²) in [5.41, 5.74) is 1.22. The van der Waals surface area contributed by atoms with E-state index in [4.69, 9.17) is 5.11 Å². The quantitative estimate of drug-likeness (QED) is 0.277. The summed E-state index contributed by atoms with van der Waals surface area (Å²) in [4.78, 5) is 10.1. The third-order valence-corrected chi connectivity index (χ3v) is 3.38. The van der Waals surface area contributed by atoms with Crippen LogP contribution in [-0.2, 0) is 0 Å². The lowest BCUT2D eigenvalue weighted by molar-refractivity contribution is 0.112. The molecule has 0 atom stereocenters. The topological polar surface area (TPSA) is 118 Å². The van der Waals surface area contributed by atoms with Crippen LogP contribution in [0.15, 0.2) is 60.7 Å². The molecule has 0 fully saturated rings. The molecule has 0 radical (unpaired) electrons. The minimum absolute atomic E-state index is 0.0347. The van der Waals surface area contributed by atoms with Crippen LogP contribution in [0.4, 0.5) is 0 Å². The van der Waals surface area contributed by atoms with E-state index < -0.39 is 23.0 Å². The van der Waals surface area contributed by atoms with Gasteiger partial charge in [0, 0.05) is 5.56 Å². The Morgan fingerprint density at radius 2 is 1.24 bits per heavy atom. The predicted molar refractivity (Wildman–Crippen MR) is 92.0 cm³/mol. The molecule has 0 amide bonds. The zero-order valence-corrected chi connectivity index (χ0v) is 13.0. The molecule has 25 heavy (non-hydrogen) atoms.